The lowest BCUT2D eigenvalue weighted by Crippen LogP contribution is -2.42. The van der Waals surface area contributed by atoms with Crippen LogP contribution in [0.3, 0.4) is 0 Å². The first-order valence-corrected chi connectivity index (χ1v) is 13.4. The van der Waals surface area contributed by atoms with Crippen LogP contribution in [0.2, 0.25) is 0 Å². The van der Waals surface area contributed by atoms with E-state index in [-0.39, 0.29) is 42.0 Å². The molecule has 0 unspecified atom stereocenters. The Labute approximate surface area is 211 Å². The Hall–Kier alpha value is -3.26. The molecule has 0 saturated heterocycles. The lowest BCUT2D eigenvalue weighted by atomic mass is 10.00. The van der Waals surface area contributed by atoms with Gasteiger partial charge in [0.2, 0.25) is 5.95 Å². The van der Waals surface area contributed by atoms with Gasteiger partial charge in [0.15, 0.2) is 15.5 Å². The van der Waals surface area contributed by atoms with Crippen molar-refractivity contribution < 1.29 is 36.2 Å². The fourth-order valence-corrected chi connectivity index (χ4v) is 5.52. The second-order valence-corrected chi connectivity index (χ2v) is 11.0. The minimum atomic E-state index is -4.92. The van der Waals surface area contributed by atoms with Gasteiger partial charge in [-0.2, -0.15) is 13.2 Å². The first-order valence-electron chi connectivity index (χ1n) is 11.5. The van der Waals surface area contributed by atoms with Crippen LogP contribution in [-0.4, -0.2) is 58.4 Å². The third-order valence-electron chi connectivity index (χ3n) is 6.12. The summed E-state index contributed by atoms with van der Waals surface area (Å²) >= 11 is 0. The molecule has 0 saturated carbocycles. The van der Waals surface area contributed by atoms with Crippen LogP contribution in [0.5, 0.6) is 0 Å². The highest BCUT2D eigenvalue weighted by Gasteiger charge is 2.41. The highest BCUT2D eigenvalue weighted by atomic mass is 32.2. The Balaban J connectivity index is 1.86. The zero-order chi connectivity index (χ0) is 27.3. The zero-order valence-electron chi connectivity index (χ0n) is 20.6. The van der Waals surface area contributed by atoms with Crippen molar-refractivity contribution in [2.75, 3.05) is 24.3 Å². The van der Waals surface area contributed by atoms with Crippen molar-refractivity contribution in [3.8, 4) is 0 Å². The predicted octanol–water partition coefficient (Wildman–Crippen LogP) is 3.13. The Kier molecular flexibility index (Phi) is 6.92. The van der Waals surface area contributed by atoms with Crippen LogP contribution in [0.1, 0.15) is 54.3 Å². The SMILES string of the molecule is CCOC(=O)c1cnc(N2CCn3c(nc4cc(CO)c(S(C)(=O)=O)cc43)[C@@H]2C(C)C)nc1C(F)(F)F. The number of esters is 1. The third kappa shape index (κ3) is 4.87. The molecule has 37 heavy (non-hydrogen) atoms. The van der Waals surface area contributed by atoms with E-state index in [4.69, 9.17) is 4.74 Å². The van der Waals surface area contributed by atoms with Crippen molar-refractivity contribution in [2.45, 2.75) is 51.0 Å². The van der Waals surface area contributed by atoms with Crippen LogP contribution in [0, 0.1) is 5.92 Å². The summed E-state index contributed by atoms with van der Waals surface area (Å²) in [5.41, 5.74) is -0.965. The highest BCUT2D eigenvalue weighted by molar-refractivity contribution is 7.90. The first kappa shape index (κ1) is 26.8. The number of sulfone groups is 1. The number of hydrogen-bond donors (Lipinski definition) is 1. The average molecular weight is 542 g/mol. The van der Waals surface area contributed by atoms with Crippen LogP contribution < -0.4 is 4.90 Å². The van der Waals surface area contributed by atoms with E-state index in [2.05, 4.69) is 15.0 Å². The van der Waals surface area contributed by atoms with Gasteiger partial charge in [0.1, 0.15) is 11.4 Å². The Morgan fingerprint density at radius 3 is 2.51 bits per heavy atom. The van der Waals surface area contributed by atoms with E-state index in [1.165, 1.54) is 19.1 Å². The Morgan fingerprint density at radius 1 is 1.24 bits per heavy atom. The van der Waals surface area contributed by atoms with Crippen LogP contribution in [-0.2, 0) is 33.9 Å². The summed E-state index contributed by atoms with van der Waals surface area (Å²) in [6.07, 6.45) is -3.04. The molecule has 0 fully saturated rings. The molecule has 10 nitrogen and oxygen atoms in total. The minimum Gasteiger partial charge on any atom is -0.462 e. The van der Waals surface area contributed by atoms with Gasteiger partial charge in [-0.1, -0.05) is 13.8 Å². The molecule has 4 rings (SSSR count). The zero-order valence-corrected chi connectivity index (χ0v) is 21.4. The maximum absolute atomic E-state index is 13.8. The monoisotopic (exact) mass is 541 g/mol. The maximum Gasteiger partial charge on any atom is 0.434 e. The second-order valence-electron chi connectivity index (χ2n) is 9.03. The number of anilines is 1. The maximum atomic E-state index is 13.8. The number of aliphatic hydroxyl groups excluding tert-OH is 1. The van der Waals surface area contributed by atoms with Crippen LogP contribution in [0.15, 0.2) is 23.2 Å². The molecule has 1 aliphatic heterocycles. The quantitative estimate of drug-likeness (QED) is 0.468. The van der Waals surface area contributed by atoms with Crippen LogP contribution in [0.4, 0.5) is 19.1 Å². The minimum absolute atomic E-state index is 0.0126. The van der Waals surface area contributed by atoms with Crippen LogP contribution in [0.25, 0.3) is 11.0 Å². The molecule has 3 heterocycles. The molecule has 3 aromatic rings. The molecule has 200 valence electrons. The largest absolute Gasteiger partial charge is 0.462 e. The third-order valence-corrected chi connectivity index (χ3v) is 7.30. The molecule has 1 N–H and O–H groups in total. The van der Waals surface area contributed by atoms with E-state index in [1.54, 1.807) is 4.90 Å². The molecule has 0 aliphatic carbocycles. The lowest BCUT2D eigenvalue weighted by Gasteiger charge is -2.38. The van der Waals surface area contributed by atoms with Gasteiger partial charge in [0.25, 0.3) is 0 Å². The van der Waals surface area contributed by atoms with Crippen molar-refractivity contribution in [3.63, 3.8) is 0 Å². The van der Waals surface area contributed by atoms with Crippen molar-refractivity contribution in [1.29, 1.82) is 0 Å². The van der Waals surface area contributed by atoms with E-state index in [9.17, 15) is 31.5 Å². The summed E-state index contributed by atoms with van der Waals surface area (Å²) in [7, 11) is -3.64. The smallest absolute Gasteiger partial charge is 0.434 e. The van der Waals surface area contributed by atoms with Gasteiger partial charge in [0, 0.05) is 25.5 Å². The van der Waals surface area contributed by atoms with E-state index in [0.717, 1.165) is 12.5 Å². The van der Waals surface area contributed by atoms with Crippen LogP contribution >= 0.6 is 0 Å². The molecule has 1 aliphatic rings. The Bertz CT molecular complexity index is 1470. The van der Waals surface area contributed by atoms with Gasteiger partial charge in [-0.25, -0.2) is 28.2 Å². The molecule has 0 radical (unpaired) electrons. The fourth-order valence-electron chi connectivity index (χ4n) is 4.60. The van der Waals surface area contributed by atoms with Gasteiger partial charge < -0.3 is 19.3 Å². The van der Waals surface area contributed by atoms with E-state index in [1.807, 2.05) is 18.4 Å². The number of carbonyl (C=O) groups is 1. The summed E-state index contributed by atoms with van der Waals surface area (Å²) < 4.78 is 72.6. The van der Waals surface area contributed by atoms with Crippen molar-refractivity contribution in [1.82, 2.24) is 19.5 Å². The summed E-state index contributed by atoms with van der Waals surface area (Å²) in [5, 5.41) is 9.71. The Morgan fingerprint density at radius 2 is 1.95 bits per heavy atom. The van der Waals surface area contributed by atoms with E-state index >= 15 is 0 Å². The molecular weight excluding hydrogens is 515 g/mol. The predicted molar refractivity (Wildman–Crippen MR) is 127 cm³/mol. The number of imidazole rings is 1. The summed E-state index contributed by atoms with van der Waals surface area (Å²) in [5.74, 6) is -1.04. The molecular formula is C23H26F3N5O5S. The molecule has 14 heteroatoms. The fraction of sp³-hybridized carbons (Fsp3) is 0.478. The lowest BCUT2D eigenvalue weighted by molar-refractivity contribution is -0.141. The van der Waals surface area contributed by atoms with Crippen molar-refractivity contribution >= 4 is 32.8 Å². The number of nitrogens with zero attached hydrogens (tertiary/aromatic N) is 5. The number of alkyl halides is 3. The van der Waals surface area contributed by atoms with Crippen molar-refractivity contribution in [2.24, 2.45) is 5.92 Å². The number of fused-ring (bicyclic) bond motifs is 3. The topological polar surface area (TPSA) is 128 Å². The molecule has 1 atom stereocenters. The molecule has 0 amide bonds. The number of rotatable bonds is 6. The highest BCUT2D eigenvalue weighted by Crippen LogP contribution is 2.39. The summed E-state index contributed by atoms with van der Waals surface area (Å²) in [4.78, 5) is 26.2. The second kappa shape index (κ2) is 9.56. The molecule has 0 spiro atoms. The average Bonchev–Trinajstić information content (AvgIpc) is 3.18. The summed E-state index contributed by atoms with van der Waals surface area (Å²) in [6.45, 7) is 5.08. The van der Waals surface area contributed by atoms with Gasteiger partial charge in [0.05, 0.1) is 35.2 Å². The van der Waals surface area contributed by atoms with Gasteiger partial charge in [-0.3, -0.25) is 0 Å². The van der Waals surface area contributed by atoms with E-state index < -0.39 is 45.9 Å². The van der Waals surface area contributed by atoms with Gasteiger partial charge in [-0.15, -0.1) is 0 Å². The van der Waals surface area contributed by atoms with Gasteiger partial charge >= 0.3 is 12.1 Å². The number of halogens is 3. The number of benzene rings is 1. The van der Waals surface area contributed by atoms with Crippen molar-refractivity contribution in [3.05, 3.63) is 41.0 Å². The first-order chi connectivity index (χ1) is 17.3. The summed E-state index contributed by atoms with van der Waals surface area (Å²) in [6, 6.07) is 2.41. The van der Waals surface area contributed by atoms with Gasteiger partial charge in [-0.05, 0) is 30.5 Å². The van der Waals surface area contributed by atoms with E-state index in [0.29, 0.717) is 16.9 Å². The molecule has 0 bridgehead atoms. The number of carbonyl (C=O) groups excluding carboxylic acids is 1. The standard InChI is InChI=1S/C23H26F3N5O5S/c1-5-36-21(33)14-10-27-22(29-19(14)23(24,25)26)31-7-6-30-16-9-17(37(4,34)35)13(11-32)8-15(16)28-20(30)18(31)12(2)3/h8-10,12,18,32H,5-7,11H2,1-4H3/t18-/m0/s1. The molecule has 2 aromatic heterocycles. The number of aromatic nitrogens is 4. The normalized spacial score (nSPS) is 16.4. The number of ether oxygens (including phenoxy) is 1. The number of hydrogen-bond acceptors (Lipinski definition) is 9. The number of aliphatic hydroxyl groups is 1. The molecule has 1 aromatic carbocycles.